The normalized spacial score (nSPS) is 20.3. The highest BCUT2D eigenvalue weighted by atomic mass is 16.5. The Morgan fingerprint density at radius 3 is 2.86 bits per heavy atom. The van der Waals surface area contributed by atoms with E-state index in [1.54, 1.807) is 0 Å². The number of fused-ring (bicyclic) bond motifs is 2. The molecule has 0 saturated carbocycles. The van der Waals surface area contributed by atoms with Crippen LogP contribution in [-0.2, 0) is 6.42 Å². The maximum absolute atomic E-state index is 10.4. The fourth-order valence-corrected chi connectivity index (χ4v) is 3.18. The molecule has 2 unspecified atom stereocenters. The summed E-state index contributed by atoms with van der Waals surface area (Å²) in [5.41, 5.74) is 5.12. The number of hydrogen-bond acceptors (Lipinski definition) is 3. The molecule has 2 atom stereocenters. The monoisotopic (exact) mass is 294 g/mol. The number of ether oxygens (including phenoxy) is 1. The molecule has 1 aliphatic rings. The highest BCUT2D eigenvalue weighted by molar-refractivity contribution is 5.56. The second kappa shape index (κ2) is 4.85. The first-order valence-corrected chi connectivity index (χ1v) is 7.52. The minimum absolute atomic E-state index is 0.334. The Balaban J connectivity index is 1.77. The summed E-state index contributed by atoms with van der Waals surface area (Å²) in [5.74, 6) is 0.708. The lowest BCUT2D eigenvalue weighted by atomic mass is 10.1. The van der Waals surface area contributed by atoms with Crippen molar-refractivity contribution in [3.63, 3.8) is 0 Å². The first-order valence-electron chi connectivity index (χ1n) is 7.52. The van der Waals surface area contributed by atoms with Gasteiger partial charge in [0.25, 0.3) is 0 Å². The molecular weight excluding hydrogens is 276 g/mol. The van der Waals surface area contributed by atoms with Crippen LogP contribution in [0.2, 0.25) is 0 Å². The third-order valence-corrected chi connectivity index (χ3v) is 4.48. The second-order valence-corrected chi connectivity index (χ2v) is 5.86. The summed E-state index contributed by atoms with van der Waals surface area (Å²) in [6.45, 7) is 4.03. The van der Waals surface area contributed by atoms with Gasteiger partial charge in [-0.2, -0.15) is 0 Å². The van der Waals surface area contributed by atoms with Gasteiger partial charge in [0, 0.05) is 18.3 Å². The lowest BCUT2D eigenvalue weighted by Gasteiger charge is -2.18. The molecule has 4 heteroatoms. The van der Waals surface area contributed by atoms with Crippen LogP contribution in [0.15, 0.2) is 42.6 Å². The first kappa shape index (κ1) is 13.3. The van der Waals surface area contributed by atoms with Crippen LogP contribution in [-0.4, -0.2) is 20.6 Å². The van der Waals surface area contributed by atoms with Gasteiger partial charge in [0.2, 0.25) is 0 Å². The van der Waals surface area contributed by atoms with Crippen LogP contribution in [0, 0.1) is 13.8 Å². The average molecular weight is 294 g/mol. The van der Waals surface area contributed by atoms with Gasteiger partial charge in [-0.05, 0) is 37.1 Å². The van der Waals surface area contributed by atoms with Gasteiger partial charge >= 0.3 is 0 Å². The molecule has 1 aromatic carbocycles. The summed E-state index contributed by atoms with van der Waals surface area (Å²) >= 11 is 0. The highest BCUT2D eigenvalue weighted by Crippen LogP contribution is 2.36. The number of aromatic nitrogens is 2. The molecule has 0 spiro atoms. The van der Waals surface area contributed by atoms with E-state index >= 15 is 0 Å². The Bertz CT molecular complexity index is 853. The van der Waals surface area contributed by atoms with E-state index in [-0.39, 0.29) is 6.10 Å². The number of hydrogen-bond donors (Lipinski definition) is 1. The minimum Gasteiger partial charge on any atom is -0.479 e. The largest absolute Gasteiger partial charge is 0.479 e. The van der Waals surface area contributed by atoms with Crippen molar-refractivity contribution in [2.45, 2.75) is 32.5 Å². The fraction of sp³-hybridized carbons (Fsp3) is 0.278. The predicted octanol–water partition coefficient (Wildman–Crippen LogP) is 2.99. The molecule has 0 aliphatic heterocycles. The van der Waals surface area contributed by atoms with Crippen molar-refractivity contribution in [2.75, 3.05) is 0 Å². The van der Waals surface area contributed by atoms with E-state index in [4.69, 9.17) is 4.74 Å². The van der Waals surface area contributed by atoms with Gasteiger partial charge in [0.15, 0.2) is 17.5 Å². The number of aliphatic hydroxyl groups is 1. The average Bonchev–Trinajstić information content (AvgIpc) is 2.99. The summed E-state index contributed by atoms with van der Waals surface area (Å²) in [7, 11) is 0. The Hall–Kier alpha value is -2.33. The summed E-state index contributed by atoms with van der Waals surface area (Å²) in [6, 6.07) is 11.9. The fourth-order valence-electron chi connectivity index (χ4n) is 3.18. The van der Waals surface area contributed by atoms with Gasteiger partial charge in [-0.15, -0.1) is 0 Å². The van der Waals surface area contributed by atoms with Crippen LogP contribution in [0.5, 0.6) is 5.75 Å². The maximum atomic E-state index is 10.4. The molecule has 2 heterocycles. The van der Waals surface area contributed by atoms with E-state index in [0.717, 1.165) is 28.2 Å². The van der Waals surface area contributed by atoms with Crippen LogP contribution in [0.25, 0.3) is 5.65 Å². The number of aliphatic hydroxyl groups excluding tert-OH is 1. The maximum Gasteiger partial charge on any atom is 0.180 e. The van der Waals surface area contributed by atoms with Crippen molar-refractivity contribution in [1.29, 1.82) is 0 Å². The molecule has 1 N–H and O–H groups in total. The summed E-state index contributed by atoms with van der Waals surface area (Å²) in [6.07, 6.45) is 1.77. The number of nitrogens with zero attached hydrogens (tertiary/aromatic N) is 2. The number of pyridine rings is 1. The summed E-state index contributed by atoms with van der Waals surface area (Å²) in [4.78, 5) is 4.59. The van der Waals surface area contributed by atoms with Gasteiger partial charge in [-0.1, -0.05) is 24.3 Å². The standard InChI is InChI=1S/C18H18N2O2/c1-11-12(2)20-9-5-8-16(18(20)19-11)22-17-14-7-4-3-6-13(14)10-15(17)21/h3-9,15,17,21H,10H2,1-2H3. The van der Waals surface area contributed by atoms with Crippen molar-refractivity contribution in [2.24, 2.45) is 0 Å². The second-order valence-electron chi connectivity index (χ2n) is 5.86. The Labute approximate surface area is 129 Å². The van der Waals surface area contributed by atoms with Crippen LogP contribution in [0.3, 0.4) is 0 Å². The smallest absolute Gasteiger partial charge is 0.180 e. The van der Waals surface area contributed by atoms with Crippen LogP contribution < -0.4 is 4.74 Å². The van der Waals surface area contributed by atoms with Crippen LogP contribution in [0.4, 0.5) is 0 Å². The van der Waals surface area contributed by atoms with Crippen molar-refractivity contribution in [3.05, 3.63) is 65.1 Å². The number of imidazole rings is 1. The molecule has 0 bridgehead atoms. The third-order valence-electron chi connectivity index (χ3n) is 4.48. The molecule has 2 aromatic heterocycles. The van der Waals surface area contributed by atoms with Crippen molar-refractivity contribution >= 4 is 5.65 Å². The molecule has 4 rings (SSSR count). The van der Waals surface area contributed by atoms with Gasteiger partial charge in [0.1, 0.15) is 0 Å². The van der Waals surface area contributed by atoms with Crippen LogP contribution in [0.1, 0.15) is 28.6 Å². The lowest BCUT2D eigenvalue weighted by Crippen LogP contribution is -2.19. The molecule has 22 heavy (non-hydrogen) atoms. The van der Waals surface area contributed by atoms with Crippen molar-refractivity contribution in [3.8, 4) is 5.75 Å². The number of aryl methyl sites for hydroxylation is 2. The minimum atomic E-state index is -0.519. The van der Waals surface area contributed by atoms with E-state index in [1.807, 2.05) is 60.8 Å². The van der Waals surface area contributed by atoms with Crippen molar-refractivity contribution in [1.82, 2.24) is 9.38 Å². The number of benzene rings is 1. The Kier molecular flexibility index (Phi) is 2.94. The molecule has 4 nitrogen and oxygen atoms in total. The lowest BCUT2D eigenvalue weighted by molar-refractivity contribution is 0.0502. The molecule has 0 fully saturated rings. The zero-order valence-electron chi connectivity index (χ0n) is 12.7. The quantitative estimate of drug-likeness (QED) is 0.790. The molecule has 112 valence electrons. The SMILES string of the molecule is Cc1nc2c(OC3c4ccccc4CC3O)cccn2c1C. The van der Waals surface area contributed by atoms with Gasteiger partial charge < -0.3 is 14.2 Å². The zero-order chi connectivity index (χ0) is 15.3. The Morgan fingerprint density at radius 2 is 2.00 bits per heavy atom. The highest BCUT2D eigenvalue weighted by Gasteiger charge is 2.33. The van der Waals surface area contributed by atoms with Gasteiger partial charge in [-0.3, -0.25) is 0 Å². The number of rotatable bonds is 2. The molecule has 0 saturated heterocycles. The van der Waals surface area contributed by atoms with Crippen LogP contribution >= 0.6 is 0 Å². The summed E-state index contributed by atoms with van der Waals surface area (Å²) in [5, 5.41) is 10.4. The van der Waals surface area contributed by atoms with E-state index in [9.17, 15) is 5.11 Å². The van der Waals surface area contributed by atoms with Gasteiger partial charge in [-0.25, -0.2) is 4.98 Å². The van der Waals surface area contributed by atoms with Crippen molar-refractivity contribution < 1.29 is 9.84 Å². The molecular formula is C18H18N2O2. The third kappa shape index (κ3) is 1.91. The van der Waals surface area contributed by atoms with Gasteiger partial charge in [0.05, 0.1) is 11.8 Å². The molecule has 3 aromatic rings. The van der Waals surface area contributed by atoms with E-state index in [2.05, 4.69) is 4.98 Å². The molecule has 1 aliphatic carbocycles. The zero-order valence-corrected chi connectivity index (χ0v) is 12.7. The van der Waals surface area contributed by atoms with E-state index in [0.29, 0.717) is 12.2 Å². The predicted molar refractivity (Wildman–Crippen MR) is 84.2 cm³/mol. The topological polar surface area (TPSA) is 46.8 Å². The van der Waals surface area contributed by atoms with E-state index in [1.165, 1.54) is 0 Å². The first-order chi connectivity index (χ1) is 10.6. The van der Waals surface area contributed by atoms with E-state index < -0.39 is 6.10 Å². The Morgan fingerprint density at radius 1 is 1.18 bits per heavy atom. The summed E-state index contributed by atoms with van der Waals surface area (Å²) < 4.78 is 8.19. The molecule has 0 amide bonds. The molecule has 0 radical (unpaired) electrons.